The van der Waals surface area contributed by atoms with Gasteiger partial charge in [-0.3, -0.25) is 19.2 Å². The number of amides is 3. The first kappa shape index (κ1) is 25.3. The van der Waals surface area contributed by atoms with Crippen molar-refractivity contribution < 1.29 is 34.2 Å². The number of rotatable bonds is 11. The smallest absolute Gasteiger partial charge is 0.326 e. The predicted octanol–water partition coefficient (Wildman–Crippen LogP) is -0.710. The van der Waals surface area contributed by atoms with E-state index >= 15 is 0 Å². The van der Waals surface area contributed by atoms with Crippen LogP contribution in [0.2, 0.25) is 0 Å². The monoisotopic (exact) mass is 428 g/mol. The lowest BCUT2D eigenvalue weighted by molar-refractivity contribution is -0.144. The highest BCUT2D eigenvalue weighted by Crippen LogP contribution is 2.19. The molecule has 1 rings (SSSR count). The number of likely N-dealkylation sites (tertiary alicyclic amines) is 1. The number of nitrogens with zero attached hydrogens (tertiary/aromatic N) is 1. The third-order valence-corrected chi connectivity index (χ3v) is 5.28. The van der Waals surface area contributed by atoms with Gasteiger partial charge in [0.05, 0.1) is 6.04 Å². The molecule has 0 bridgehead atoms. The third kappa shape index (κ3) is 6.97. The van der Waals surface area contributed by atoms with Gasteiger partial charge in [0, 0.05) is 13.0 Å². The molecule has 0 spiro atoms. The summed E-state index contributed by atoms with van der Waals surface area (Å²) in [6.07, 6.45) is 0.895. The normalized spacial score (nSPS) is 20.0. The van der Waals surface area contributed by atoms with Gasteiger partial charge in [-0.2, -0.15) is 0 Å². The van der Waals surface area contributed by atoms with Crippen LogP contribution in [0.5, 0.6) is 0 Å². The fraction of sp³-hybridized carbons (Fsp3) is 0.737. The summed E-state index contributed by atoms with van der Waals surface area (Å²) in [6.45, 7) is 5.48. The van der Waals surface area contributed by atoms with Crippen molar-refractivity contribution in [3.05, 3.63) is 0 Å². The lowest BCUT2D eigenvalue weighted by atomic mass is 9.97. The molecule has 5 unspecified atom stereocenters. The molecule has 30 heavy (non-hydrogen) atoms. The first-order chi connectivity index (χ1) is 14.0. The summed E-state index contributed by atoms with van der Waals surface area (Å²) in [5, 5.41) is 23.0. The Balaban J connectivity index is 2.91. The van der Waals surface area contributed by atoms with E-state index in [0.29, 0.717) is 25.8 Å². The maximum atomic E-state index is 12.8. The van der Waals surface area contributed by atoms with Gasteiger partial charge in [-0.05, 0) is 32.1 Å². The molecule has 1 aliphatic heterocycles. The van der Waals surface area contributed by atoms with Gasteiger partial charge < -0.3 is 31.5 Å². The zero-order chi connectivity index (χ0) is 23.0. The van der Waals surface area contributed by atoms with Gasteiger partial charge in [-0.15, -0.1) is 0 Å². The molecule has 1 fully saturated rings. The van der Waals surface area contributed by atoms with Gasteiger partial charge in [0.2, 0.25) is 17.7 Å². The molecule has 1 heterocycles. The Morgan fingerprint density at radius 3 is 2.27 bits per heavy atom. The Hall–Kier alpha value is -2.69. The molecule has 0 radical (unpaired) electrons. The van der Waals surface area contributed by atoms with Gasteiger partial charge in [-0.25, -0.2) is 4.79 Å². The van der Waals surface area contributed by atoms with Gasteiger partial charge in [0.1, 0.15) is 18.1 Å². The van der Waals surface area contributed by atoms with Gasteiger partial charge in [0.15, 0.2) is 0 Å². The van der Waals surface area contributed by atoms with E-state index in [0.717, 1.165) is 0 Å². The Kier molecular flexibility index (Phi) is 9.70. The quantitative estimate of drug-likeness (QED) is 0.286. The van der Waals surface area contributed by atoms with Crippen LogP contribution in [0.25, 0.3) is 0 Å². The number of hydrogen-bond acceptors (Lipinski definition) is 6. The van der Waals surface area contributed by atoms with Crippen LogP contribution in [0.4, 0.5) is 0 Å². The number of nitrogens with one attached hydrogen (secondary N) is 2. The maximum Gasteiger partial charge on any atom is 0.326 e. The Bertz CT molecular complexity index is 667. The Morgan fingerprint density at radius 1 is 1.13 bits per heavy atom. The van der Waals surface area contributed by atoms with E-state index in [4.69, 9.17) is 10.8 Å². The fourth-order valence-corrected chi connectivity index (χ4v) is 3.30. The van der Waals surface area contributed by atoms with E-state index in [1.165, 1.54) is 11.8 Å². The molecule has 3 amide bonds. The SMILES string of the molecule is CCC(C)C(NC(=O)C1CCCN1C(=O)C(C)N)C(=O)NC(CCC(=O)O)C(=O)O. The standard InChI is InChI=1S/C19H32N4O7/c1-4-10(2)15(17(27)21-12(19(29)30)7-8-14(24)25)22-16(26)13-6-5-9-23(13)18(28)11(3)20/h10-13,15H,4-9,20H2,1-3H3,(H,21,27)(H,22,26)(H,24,25)(H,29,30). The average molecular weight is 428 g/mol. The van der Waals surface area contributed by atoms with Gasteiger partial charge in [-0.1, -0.05) is 20.3 Å². The van der Waals surface area contributed by atoms with Crippen LogP contribution in [0.15, 0.2) is 0 Å². The van der Waals surface area contributed by atoms with Gasteiger partial charge in [0.25, 0.3) is 0 Å². The molecule has 0 saturated carbocycles. The minimum atomic E-state index is -1.39. The molecule has 6 N–H and O–H groups in total. The van der Waals surface area contributed by atoms with Gasteiger partial charge >= 0.3 is 11.9 Å². The van der Waals surface area contributed by atoms with Crippen molar-refractivity contribution in [2.24, 2.45) is 11.7 Å². The summed E-state index contributed by atoms with van der Waals surface area (Å²) >= 11 is 0. The molecule has 0 aliphatic carbocycles. The summed E-state index contributed by atoms with van der Waals surface area (Å²) in [5.41, 5.74) is 5.65. The summed E-state index contributed by atoms with van der Waals surface area (Å²) < 4.78 is 0. The minimum absolute atomic E-state index is 0.281. The van der Waals surface area contributed by atoms with Crippen LogP contribution in [-0.2, 0) is 24.0 Å². The molecule has 11 nitrogen and oxygen atoms in total. The second-order valence-electron chi connectivity index (χ2n) is 7.68. The fourth-order valence-electron chi connectivity index (χ4n) is 3.30. The summed E-state index contributed by atoms with van der Waals surface area (Å²) in [7, 11) is 0. The number of carboxylic acids is 2. The second-order valence-corrected chi connectivity index (χ2v) is 7.68. The van der Waals surface area contributed by atoms with Crippen LogP contribution in [0.1, 0.15) is 52.9 Å². The van der Waals surface area contributed by atoms with Crippen molar-refractivity contribution in [2.75, 3.05) is 6.54 Å². The highest BCUT2D eigenvalue weighted by Gasteiger charge is 2.38. The van der Waals surface area contributed by atoms with Crippen molar-refractivity contribution in [1.29, 1.82) is 0 Å². The number of carboxylic acid groups (broad SMARTS) is 2. The van der Waals surface area contributed by atoms with E-state index in [-0.39, 0.29) is 18.2 Å². The highest BCUT2D eigenvalue weighted by atomic mass is 16.4. The summed E-state index contributed by atoms with van der Waals surface area (Å²) in [4.78, 5) is 61.3. The summed E-state index contributed by atoms with van der Waals surface area (Å²) in [6, 6.07) is -3.91. The zero-order valence-corrected chi connectivity index (χ0v) is 17.6. The number of hydrogen-bond donors (Lipinski definition) is 5. The lowest BCUT2D eigenvalue weighted by Gasteiger charge is -2.30. The molecule has 11 heteroatoms. The number of nitrogens with two attached hydrogens (primary N) is 1. The van der Waals surface area contributed by atoms with Crippen molar-refractivity contribution in [1.82, 2.24) is 15.5 Å². The van der Waals surface area contributed by atoms with E-state index < -0.39 is 54.3 Å². The van der Waals surface area contributed by atoms with Crippen LogP contribution >= 0.6 is 0 Å². The first-order valence-electron chi connectivity index (χ1n) is 10.1. The topological polar surface area (TPSA) is 179 Å². The van der Waals surface area contributed by atoms with E-state index in [9.17, 15) is 29.1 Å². The summed E-state index contributed by atoms with van der Waals surface area (Å²) in [5.74, 6) is -4.41. The molecule has 0 aromatic heterocycles. The van der Waals surface area contributed by atoms with Crippen molar-refractivity contribution in [2.45, 2.75) is 77.0 Å². The second kappa shape index (κ2) is 11.5. The van der Waals surface area contributed by atoms with Crippen LogP contribution in [0, 0.1) is 5.92 Å². The highest BCUT2D eigenvalue weighted by molar-refractivity contribution is 5.94. The van der Waals surface area contributed by atoms with E-state index in [2.05, 4.69) is 10.6 Å². The molecule has 0 aromatic carbocycles. The Morgan fingerprint density at radius 2 is 1.77 bits per heavy atom. The van der Waals surface area contributed by atoms with Crippen LogP contribution < -0.4 is 16.4 Å². The van der Waals surface area contributed by atoms with Crippen LogP contribution in [0.3, 0.4) is 0 Å². The number of carbonyl (C=O) groups is 5. The van der Waals surface area contributed by atoms with E-state index in [1.807, 2.05) is 6.92 Å². The van der Waals surface area contributed by atoms with Crippen LogP contribution in [-0.4, -0.2) is 75.5 Å². The molecular formula is C19H32N4O7. The first-order valence-corrected chi connectivity index (χ1v) is 10.1. The number of carbonyl (C=O) groups excluding carboxylic acids is 3. The zero-order valence-electron chi connectivity index (χ0n) is 17.6. The van der Waals surface area contributed by atoms with E-state index in [1.54, 1.807) is 6.92 Å². The molecular weight excluding hydrogens is 396 g/mol. The maximum absolute atomic E-state index is 12.8. The molecule has 1 saturated heterocycles. The van der Waals surface area contributed by atoms with Crippen molar-refractivity contribution >= 4 is 29.7 Å². The lowest BCUT2D eigenvalue weighted by Crippen LogP contribution is -2.58. The van der Waals surface area contributed by atoms with Crippen molar-refractivity contribution in [3.8, 4) is 0 Å². The third-order valence-electron chi connectivity index (χ3n) is 5.28. The molecule has 1 aliphatic rings. The number of aliphatic carboxylic acids is 2. The Labute approximate surface area is 175 Å². The molecule has 5 atom stereocenters. The molecule has 0 aromatic rings. The van der Waals surface area contributed by atoms with Crippen molar-refractivity contribution in [3.63, 3.8) is 0 Å². The largest absolute Gasteiger partial charge is 0.481 e. The average Bonchev–Trinajstić information content (AvgIpc) is 3.16. The molecule has 170 valence electrons. The predicted molar refractivity (Wildman–Crippen MR) is 106 cm³/mol. The minimum Gasteiger partial charge on any atom is -0.481 e.